The van der Waals surface area contributed by atoms with E-state index < -0.39 is 5.97 Å². The Kier molecular flexibility index (Phi) is 4.68. The Labute approximate surface area is 120 Å². The van der Waals surface area contributed by atoms with Crippen LogP contribution in [-0.4, -0.2) is 25.3 Å². The van der Waals surface area contributed by atoms with Crippen LogP contribution in [0.5, 0.6) is 11.5 Å². The van der Waals surface area contributed by atoms with Gasteiger partial charge in [-0.1, -0.05) is 11.6 Å². The maximum atomic E-state index is 11.7. The maximum Gasteiger partial charge on any atom is 0.306 e. The SMILES string of the molecule is CCOC(=O)CCC(=O)Nc1cc2c(cc1Cl)OCO2. The number of halogens is 1. The van der Waals surface area contributed by atoms with Gasteiger partial charge in [0, 0.05) is 18.6 Å². The molecule has 1 aromatic rings. The minimum absolute atomic E-state index is 0.0296. The molecule has 0 spiro atoms. The van der Waals surface area contributed by atoms with Gasteiger partial charge in [-0.05, 0) is 6.92 Å². The summed E-state index contributed by atoms with van der Waals surface area (Å²) in [5, 5.41) is 2.97. The molecule has 1 heterocycles. The molecule has 0 aromatic heterocycles. The summed E-state index contributed by atoms with van der Waals surface area (Å²) in [5.41, 5.74) is 0.421. The highest BCUT2D eigenvalue weighted by Crippen LogP contribution is 2.39. The Morgan fingerprint density at radius 2 is 2.00 bits per heavy atom. The molecule has 1 aliphatic rings. The van der Waals surface area contributed by atoms with Gasteiger partial charge in [-0.2, -0.15) is 0 Å². The lowest BCUT2D eigenvalue weighted by Crippen LogP contribution is -2.14. The number of amides is 1. The third kappa shape index (κ3) is 3.54. The number of hydrogen-bond acceptors (Lipinski definition) is 5. The van der Waals surface area contributed by atoms with Crippen molar-refractivity contribution in [1.29, 1.82) is 0 Å². The first-order valence-corrected chi connectivity index (χ1v) is 6.52. The Morgan fingerprint density at radius 1 is 1.30 bits per heavy atom. The predicted molar refractivity (Wildman–Crippen MR) is 72.1 cm³/mol. The van der Waals surface area contributed by atoms with Crippen molar-refractivity contribution in [1.82, 2.24) is 0 Å². The van der Waals surface area contributed by atoms with E-state index in [2.05, 4.69) is 5.32 Å². The standard InChI is InChI=1S/C13H14ClNO5/c1-2-18-13(17)4-3-12(16)15-9-6-11-10(5-8(9)14)19-7-20-11/h5-6H,2-4,7H2,1H3,(H,15,16). The molecule has 0 fully saturated rings. The van der Waals surface area contributed by atoms with E-state index in [-0.39, 0.29) is 25.5 Å². The number of anilines is 1. The average Bonchev–Trinajstić information content (AvgIpc) is 2.84. The summed E-state index contributed by atoms with van der Waals surface area (Å²) in [6.45, 7) is 2.14. The molecule has 0 atom stereocenters. The number of carbonyl (C=O) groups excluding carboxylic acids is 2. The Hall–Kier alpha value is -1.95. The minimum atomic E-state index is -0.403. The van der Waals surface area contributed by atoms with Crippen LogP contribution >= 0.6 is 11.6 Å². The zero-order valence-corrected chi connectivity index (χ0v) is 11.7. The van der Waals surface area contributed by atoms with Crippen LogP contribution in [-0.2, 0) is 14.3 Å². The minimum Gasteiger partial charge on any atom is -0.466 e. The number of benzene rings is 1. The molecule has 0 aliphatic carbocycles. The second-order valence-corrected chi connectivity index (χ2v) is 4.45. The molecule has 0 bridgehead atoms. The van der Waals surface area contributed by atoms with Gasteiger partial charge in [-0.25, -0.2) is 0 Å². The number of ether oxygens (including phenoxy) is 3. The van der Waals surface area contributed by atoms with Gasteiger partial charge >= 0.3 is 5.97 Å². The van der Waals surface area contributed by atoms with Crippen LogP contribution in [0.2, 0.25) is 5.02 Å². The van der Waals surface area contributed by atoms with Crippen molar-refractivity contribution in [3.63, 3.8) is 0 Å². The molecular formula is C13H14ClNO5. The molecule has 0 saturated carbocycles. The molecule has 1 N–H and O–H groups in total. The summed E-state index contributed by atoms with van der Waals surface area (Å²) in [5.74, 6) is 0.341. The van der Waals surface area contributed by atoms with Gasteiger partial charge in [0.15, 0.2) is 11.5 Å². The summed E-state index contributed by atoms with van der Waals surface area (Å²) < 4.78 is 15.1. The quantitative estimate of drug-likeness (QED) is 0.845. The van der Waals surface area contributed by atoms with E-state index in [0.29, 0.717) is 28.8 Å². The number of esters is 1. The number of carbonyl (C=O) groups is 2. The van der Waals surface area contributed by atoms with Gasteiger partial charge in [-0.15, -0.1) is 0 Å². The largest absolute Gasteiger partial charge is 0.466 e. The van der Waals surface area contributed by atoms with E-state index in [0.717, 1.165) is 0 Å². The van der Waals surface area contributed by atoms with Gasteiger partial charge in [0.1, 0.15) is 0 Å². The van der Waals surface area contributed by atoms with Crippen molar-refractivity contribution in [2.45, 2.75) is 19.8 Å². The first-order valence-electron chi connectivity index (χ1n) is 6.14. The normalized spacial score (nSPS) is 12.1. The van der Waals surface area contributed by atoms with Crippen molar-refractivity contribution in [2.75, 3.05) is 18.7 Å². The zero-order chi connectivity index (χ0) is 14.5. The van der Waals surface area contributed by atoms with E-state index in [9.17, 15) is 9.59 Å². The molecule has 20 heavy (non-hydrogen) atoms. The van der Waals surface area contributed by atoms with Crippen LogP contribution in [0, 0.1) is 0 Å². The Balaban J connectivity index is 1.93. The molecule has 0 radical (unpaired) electrons. The molecule has 7 heteroatoms. The van der Waals surface area contributed by atoms with E-state index >= 15 is 0 Å². The second kappa shape index (κ2) is 6.47. The van der Waals surface area contributed by atoms with Crippen molar-refractivity contribution in [2.24, 2.45) is 0 Å². The van der Waals surface area contributed by atoms with Crippen molar-refractivity contribution in [3.05, 3.63) is 17.2 Å². The van der Waals surface area contributed by atoms with Crippen molar-refractivity contribution < 1.29 is 23.8 Å². The first-order chi connectivity index (χ1) is 9.60. The maximum absolute atomic E-state index is 11.7. The van der Waals surface area contributed by atoms with Crippen LogP contribution in [0.15, 0.2) is 12.1 Å². The third-order valence-corrected chi connectivity index (χ3v) is 2.91. The van der Waals surface area contributed by atoms with Crippen molar-refractivity contribution >= 4 is 29.2 Å². The van der Waals surface area contributed by atoms with Gasteiger partial charge < -0.3 is 19.5 Å². The van der Waals surface area contributed by atoms with Crippen LogP contribution < -0.4 is 14.8 Å². The molecule has 0 saturated heterocycles. The molecule has 0 unspecified atom stereocenters. The van der Waals surface area contributed by atoms with Crippen molar-refractivity contribution in [3.8, 4) is 11.5 Å². The number of nitrogens with one attached hydrogen (secondary N) is 1. The van der Waals surface area contributed by atoms with Crippen LogP contribution in [0.1, 0.15) is 19.8 Å². The fourth-order valence-corrected chi connectivity index (χ4v) is 1.88. The molecule has 1 amide bonds. The summed E-state index contributed by atoms with van der Waals surface area (Å²) in [4.78, 5) is 22.9. The second-order valence-electron chi connectivity index (χ2n) is 4.04. The van der Waals surface area contributed by atoms with Gasteiger partial charge in [0.2, 0.25) is 12.7 Å². The fraction of sp³-hybridized carbons (Fsp3) is 0.385. The smallest absolute Gasteiger partial charge is 0.306 e. The summed E-state index contributed by atoms with van der Waals surface area (Å²) in [7, 11) is 0. The first kappa shape index (κ1) is 14.5. The Morgan fingerprint density at radius 3 is 2.70 bits per heavy atom. The molecule has 108 valence electrons. The monoisotopic (exact) mass is 299 g/mol. The number of rotatable bonds is 5. The average molecular weight is 300 g/mol. The highest BCUT2D eigenvalue weighted by atomic mass is 35.5. The molecule has 6 nitrogen and oxygen atoms in total. The third-order valence-electron chi connectivity index (χ3n) is 2.60. The van der Waals surface area contributed by atoms with E-state index in [1.165, 1.54) is 0 Å². The van der Waals surface area contributed by atoms with Crippen LogP contribution in [0.25, 0.3) is 0 Å². The lowest BCUT2D eigenvalue weighted by atomic mass is 10.2. The molecular weight excluding hydrogens is 286 g/mol. The molecule has 1 aromatic carbocycles. The molecule has 2 rings (SSSR count). The lowest BCUT2D eigenvalue weighted by Gasteiger charge is -2.08. The lowest BCUT2D eigenvalue weighted by molar-refractivity contribution is -0.144. The highest BCUT2D eigenvalue weighted by molar-refractivity contribution is 6.34. The number of hydrogen-bond donors (Lipinski definition) is 1. The summed E-state index contributed by atoms with van der Waals surface area (Å²) >= 11 is 6.02. The van der Waals surface area contributed by atoms with Crippen LogP contribution in [0.4, 0.5) is 5.69 Å². The summed E-state index contributed by atoms with van der Waals surface area (Å²) in [6.07, 6.45) is 0.0610. The Bertz CT molecular complexity index is 532. The van der Waals surface area contributed by atoms with Crippen LogP contribution in [0.3, 0.4) is 0 Å². The van der Waals surface area contributed by atoms with E-state index in [1.807, 2.05) is 0 Å². The molecule has 1 aliphatic heterocycles. The van der Waals surface area contributed by atoms with Gasteiger partial charge in [0.25, 0.3) is 0 Å². The van der Waals surface area contributed by atoms with E-state index in [4.69, 9.17) is 25.8 Å². The topological polar surface area (TPSA) is 73.9 Å². The predicted octanol–water partition coefficient (Wildman–Crippen LogP) is 2.35. The fourth-order valence-electron chi connectivity index (χ4n) is 1.67. The van der Waals surface area contributed by atoms with Gasteiger partial charge in [0.05, 0.1) is 23.7 Å². The summed E-state index contributed by atoms with van der Waals surface area (Å²) in [6, 6.07) is 3.16. The number of fused-ring (bicyclic) bond motifs is 1. The highest BCUT2D eigenvalue weighted by Gasteiger charge is 2.18. The zero-order valence-electron chi connectivity index (χ0n) is 10.9. The van der Waals surface area contributed by atoms with Gasteiger partial charge in [-0.3, -0.25) is 9.59 Å². The van der Waals surface area contributed by atoms with E-state index in [1.54, 1.807) is 19.1 Å².